The summed E-state index contributed by atoms with van der Waals surface area (Å²) in [6.45, 7) is 2.18. The Labute approximate surface area is 197 Å². The number of fused-ring (bicyclic) bond motifs is 1. The quantitative estimate of drug-likeness (QED) is 0.457. The molecule has 0 aliphatic carbocycles. The number of piperidine rings is 1. The molecular formula is C26H25FN6O. The van der Waals surface area contributed by atoms with E-state index in [-0.39, 0.29) is 5.95 Å². The van der Waals surface area contributed by atoms with Crippen LogP contribution in [0.2, 0.25) is 0 Å². The molecule has 8 heteroatoms. The van der Waals surface area contributed by atoms with Crippen LogP contribution in [-0.4, -0.2) is 51.9 Å². The maximum Gasteiger partial charge on any atom is 0.258 e. The molecule has 0 atom stereocenters. The first-order valence-corrected chi connectivity index (χ1v) is 11.3. The number of carbonyl (C=O) groups excluding carboxylic acids is 1. The van der Waals surface area contributed by atoms with E-state index >= 15 is 0 Å². The van der Waals surface area contributed by atoms with Crippen molar-refractivity contribution in [2.24, 2.45) is 0 Å². The molecule has 1 aliphatic rings. The molecule has 34 heavy (non-hydrogen) atoms. The average molecular weight is 457 g/mol. The number of pyridine rings is 1. The third kappa shape index (κ3) is 5.02. The highest BCUT2D eigenvalue weighted by molar-refractivity contribution is 6.03. The van der Waals surface area contributed by atoms with Crippen LogP contribution in [0.5, 0.6) is 0 Å². The summed E-state index contributed by atoms with van der Waals surface area (Å²) >= 11 is 0. The topological polar surface area (TPSA) is 83.0 Å². The maximum absolute atomic E-state index is 13.1. The minimum Gasteiger partial charge on any atom is -0.381 e. The summed E-state index contributed by atoms with van der Waals surface area (Å²) < 4.78 is 13.1. The number of carbonyl (C=O) groups is 1. The molecular weight excluding hydrogens is 431 g/mol. The Morgan fingerprint density at radius 2 is 1.79 bits per heavy atom. The van der Waals surface area contributed by atoms with Gasteiger partial charge >= 0.3 is 0 Å². The van der Waals surface area contributed by atoms with Crippen LogP contribution in [0.3, 0.4) is 0 Å². The van der Waals surface area contributed by atoms with Gasteiger partial charge in [0.25, 0.3) is 5.91 Å². The lowest BCUT2D eigenvalue weighted by Gasteiger charge is -2.30. The number of amides is 1. The van der Waals surface area contributed by atoms with Crippen molar-refractivity contribution in [1.29, 1.82) is 0 Å². The van der Waals surface area contributed by atoms with E-state index < -0.39 is 11.7 Å². The van der Waals surface area contributed by atoms with Crippen molar-refractivity contribution >= 4 is 28.4 Å². The van der Waals surface area contributed by atoms with Gasteiger partial charge in [-0.25, -0.2) is 14.4 Å². The average Bonchev–Trinajstić information content (AvgIpc) is 2.85. The van der Waals surface area contributed by atoms with Crippen LogP contribution in [-0.2, 0) is 0 Å². The first-order valence-electron chi connectivity index (χ1n) is 11.3. The van der Waals surface area contributed by atoms with Crippen LogP contribution in [0.4, 0.5) is 16.0 Å². The Morgan fingerprint density at radius 1 is 1.00 bits per heavy atom. The van der Waals surface area contributed by atoms with Gasteiger partial charge in [0, 0.05) is 41.1 Å². The number of halogens is 1. The van der Waals surface area contributed by atoms with Gasteiger partial charge in [0.15, 0.2) is 0 Å². The Kier molecular flexibility index (Phi) is 6.14. The predicted octanol–water partition coefficient (Wildman–Crippen LogP) is 4.59. The smallest absolute Gasteiger partial charge is 0.258 e. The number of nitrogens with one attached hydrogen (secondary N) is 2. The second-order valence-electron chi connectivity index (χ2n) is 8.61. The fourth-order valence-electron chi connectivity index (χ4n) is 4.10. The molecule has 1 aliphatic heterocycles. The minimum atomic E-state index is -0.397. The number of rotatable bonds is 5. The van der Waals surface area contributed by atoms with Crippen molar-refractivity contribution < 1.29 is 9.18 Å². The predicted molar refractivity (Wildman–Crippen MR) is 131 cm³/mol. The number of hydrogen-bond acceptors (Lipinski definition) is 6. The number of anilines is 2. The zero-order chi connectivity index (χ0) is 23.5. The van der Waals surface area contributed by atoms with Crippen LogP contribution >= 0.6 is 0 Å². The van der Waals surface area contributed by atoms with E-state index in [1.165, 1.54) is 24.3 Å². The standard InChI is InChI=1S/C26H25FN6O/c1-33-10-8-22(9-11-33)30-23-12-20(14-28-16-23)18-2-3-19-15-29-26(31-24(19)13-18)32-25(34)17-4-6-21(27)7-5-17/h2-7,12-16,22,30H,8-11H2,1H3,(H,29,31,32,34). The van der Waals surface area contributed by atoms with Crippen molar-refractivity contribution in [3.05, 3.63) is 78.5 Å². The van der Waals surface area contributed by atoms with Crippen molar-refractivity contribution in [1.82, 2.24) is 19.9 Å². The molecule has 1 fully saturated rings. The minimum absolute atomic E-state index is 0.190. The molecule has 0 spiro atoms. The largest absolute Gasteiger partial charge is 0.381 e. The van der Waals surface area contributed by atoms with E-state index in [0.717, 1.165) is 48.1 Å². The van der Waals surface area contributed by atoms with Crippen LogP contribution in [0.25, 0.3) is 22.0 Å². The summed E-state index contributed by atoms with van der Waals surface area (Å²) in [4.78, 5) is 28.0. The van der Waals surface area contributed by atoms with Gasteiger partial charge in [-0.15, -0.1) is 0 Å². The first-order chi connectivity index (χ1) is 16.5. The van der Waals surface area contributed by atoms with Crippen LogP contribution in [0.15, 0.2) is 67.1 Å². The maximum atomic E-state index is 13.1. The lowest BCUT2D eigenvalue weighted by molar-refractivity contribution is 0.102. The molecule has 1 saturated heterocycles. The number of hydrogen-bond donors (Lipinski definition) is 2. The molecule has 4 aromatic rings. The highest BCUT2D eigenvalue weighted by Gasteiger charge is 2.16. The SMILES string of the molecule is CN1CCC(Nc2cncc(-c3ccc4cnc(NC(=O)c5ccc(F)cc5)nc4c3)c2)CC1. The first kappa shape index (κ1) is 21.9. The highest BCUT2D eigenvalue weighted by Crippen LogP contribution is 2.26. The zero-order valence-electron chi connectivity index (χ0n) is 18.8. The van der Waals surface area contributed by atoms with Gasteiger partial charge in [-0.05, 0) is 74.9 Å². The third-order valence-electron chi connectivity index (χ3n) is 6.08. The van der Waals surface area contributed by atoms with Crippen LogP contribution in [0, 0.1) is 5.82 Å². The lowest BCUT2D eigenvalue weighted by atomic mass is 10.0. The highest BCUT2D eigenvalue weighted by atomic mass is 19.1. The molecule has 2 N–H and O–H groups in total. The molecule has 0 bridgehead atoms. The number of benzene rings is 2. The van der Waals surface area contributed by atoms with Crippen molar-refractivity contribution in [3.63, 3.8) is 0 Å². The van der Waals surface area contributed by atoms with Gasteiger partial charge in [0.2, 0.25) is 5.95 Å². The summed E-state index contributed by atoms with van der Waals surface area (Å²) in [5, 5.41) is 7.15. The van der Waals surface area contributed by atoms with Crippen molar-refractivity contribution in [3.8, 4) is 11.1 Å². The van der Waals surface area contributed by atoms with Crippen molar-refractivity contribution in [2.45, 2.75) is 18.9 Å². The normalized spacial score (nSPS) is 14.8. The second-order valence-corrected chi connectivity index (χ2v) is 8.61. The zero-order valence-corrected chi connectivity index (χ0v) is 18.8. The molecule has 3 heterocycles. The molecule has 2 aromatic carbocycles. The number of nitrogens with zero attached hydrogens (tertiary/aromatic N) is 4. The van der Waals surface area contributed by atoms with E-state index in [4.69, 9.17) is 0 Å². The lowest BCUT2D eigenvalue weighted by Crippen LogP contribution is -2.36. The fourth-order valence-corrected chi connectivity index (χ4v) is 4.10. The summed E-state index contributed by atoms with van der Waals surface area (Å²) in [7, 11) is 2.15. The number of aromatic nitrogens is 3. The summed E-state index contributed by atoms with van der Waals surface area (Å²) in [5.41, 5.74) is 3.99. The monoisotopic (exact) mass is 456 g/mol. The van der Waals surface area contributed by atoms with Gasteiger partial charge in [0.05, 0.1) is 11.2 Å². The number of likely N-dealkylation sites (tertiary alicyclic amines) is 1. The van der Waals surface area contributed by atoms with Gasteiger partial charge < -0.3 is 10.2 Å². The Hall–Kier alpha value is -3.91. The van der Waals surface area contributed by atoms with E-state index in [1.807, 2.05) is 30.6 Å². The van der Waals surface area contributed by atoms with E-state index in [0.29, 0.717) is 17.1 Å². The van der Waals surface area contributed by atoms with E-state index in [2.05, 4.69) is 43.6 Å². The van der Waals surface area contributed by atoms with Gasteiger partial charge in [0.1, 0.15) is 5.82 Å². The molecule has 0 unspecified atom stereocenters. The molecule has 7 nitrogen and oxygen atoms in total. The Bertz CT molecular complexity index is 1320. The van der Waals surface area contributed by atoms with E-state index in [9.17, 15) is 9.18 Å². The van der Waals surface area contributed by atoms with Crippen LogP contribution in [0.1, 0.15) is 23.2 Å². The Morgan fingerprint density at radius 3 is 2.59 bits per heavy atom. The summed E-state index contributed by atoms with van der Waals surface area (Å²) in [5.74, 6) is -0.603. The van der Waals surface area contributed by atoms with E-state index in [1.54, 1.807) is 6.20 Å². The van der Waals surface area contributed by atoms with Gasteiger partial charge in [-0.2, -0.15) is 0 Å². The molecule has 2 aromatic heterocycles. The van der Waals surface area contributed by atoms with Crippen molar-refractivity contribution in [2.75, 3.05) is 30.8 Å². The molecule has 0 saturated carbocycles. The third-order valence-corrected chi connectivity index (χ3v) is 6.08. The summed E-state index contributed by atoms with van der Waals surface area (Å²) in [6.07, 6.45) is 7.58. The van der Waals surface area contributed by atoms with Crippen LogP contribution < -0.4 is 10.6 Å². The van der Waals surface area contributed by atoms with Gasteiger partial charge in [-0.3, -0.25) is 15.1 Å². The van der Waals surface area contributed by atoms with Gasteiger partial charge in [-0.1, -0.05) is 12.1 Å². The molecule has 172 valence electrons. The fraction of sp³-hybridized carbons (Fsp3) is 0.231. The Balaban J connectivity index is 1.35. The molecule has 0 radical (unpaired) electrons. The molecule has 5 rings (SSSR count). The summed E-state index contributed by atoms with van der Waals surface area (Å²) in [6, 6.07) is 13.8. The molecule has 1 amide bonds. The second kappa shape index (κ2) is 9.52.